The number of ketones is 1. The number of hydrogen-bond donors (Lipinski definition) is 1. The Balaban J connectivity index is 2.81. The lowest BCUT2D eigenvalue weighted by molar-refractivity contribution is -0.126. The zero-order valence-electron chi connectivity index (χ0n) is 16.3. The summed E-state index contributed by atoms with van der Waals surface area (Å²) in [5, 5.41) is 2.93. The molecule has 0 saturated carbocycles. The second kappa shape index (κ2) is 13.5. The Morgan fingerprint density at radius 2 is 1.81 bits per heavy atom. The van der Waals surface area contributed by atoms with Crippen molar-refractivity contribution in [2.24, 2.45) is 0 Å². The van der Waals surface area contributed by atoms with Crippen molar-refractivity contribution in [2.75, 3.05) is 20.3 Å². The molecule has 0 heterocycles. The number of hydrogen-bond acceptors (Lipinski definition) is 4. The first-order valence-electron chi connectivity index (χ1n) is 9.60. The Morgan fingerprint density at radius 3 is 2.42 bits per heavy atom. The predicted molar refractivity (Wildman–Crippen MR) is 103 cm³/mol. The number of nitrogens with one attached hydrogen (secondary N) is 1. The normalized spacial score (nSPS) is 13.2. The van der Waals surface area contributed by atoms with E-state index < -0.39 is 0 Å². The van der Waals surface area contributed by atoms with Gasteiger partial charge in [-0.15, -0.1) is 0 Å². The fourth-order valence-corrected chi connectivity index (χ4v) is 2.98. The molecule has 0 aliphatic rings. The van der Waals surface area contributed by atoms with Crippen LogP contribution in [-0.2, 0) is 14.3 Å². The molecule has 146 valence electrons. The summed E-state index contributed by atoms with van der Waals surface area (Å²) in [7, 11) is 1.48. The number of Topliss-reactive ketones (excluding diaryl/α,β-unsaturated/α-hetero) is 1. The van der Waals surface area contributed by atoms with E-state index in [1.54, 1.807) is 12.1 Å². The highest BCUT2D eigenvalue weighted by Gasteiger charge is 2.26. The van der Waals surface area contributed by atoms with E-state index in [4.69, 9.17) is 9.47 Å². The number of methoxy groups -OCH3 is 1. The minimum absolute atomic E-state index is 0.00609. The van der Waals surface area contributed by atoms with Crippen molar-refractivity contribution in [1.29, 1.82) is 0 Å². The maximum atomic E-state index is 12.6. The molecule has 0 unspecified atom stereocenters. The van der Waals surface area contributed by atoms with Gasteiger partial charge >= 0.3 is 0 Å². The number of rotatable bonds is 14. The van der Waals surface area contributed by atoms with E-state index in [9.17, 15) is 9.59 Å². The highest BCUT2D eigenvalue weighted by Crippen LogP contribution is 2.16. The fraction of sp³-hybridized carbons (Fsp3) is 0.619. The largest absolute Gasteiger partial charge is 0.376 e. The summed E-state index contributed by atoms with van der Waals surface area (Å²) in [6, 6.07) is 8.81. The lowest BCUT2D eigenvalue weighted by Crippen LogP contribution is -2.47. The van der Waals surface area contributed by atoms with Crippen molar-refractivity contribution < 1.29 is 19.1 Å². The van der Waals surface area contributed by atoms with Crippen LogP contribution in [0.4, 0.5) is 0 Å². The van der Waals surface area contributed by atoms with Crippen LogP contribution in [0.25, 0.3) is 0 Å². The van der Waals surface area contributed by atoms with Crippen molar-refractivity contribution in [3.63, 3.8) is 0 Å². The van der Waals surface area contributed by atoms with Crippen LogP contribution in [0.5, 0.6) is 0 Å². The predicted octanol–water partition coefficient (Wildman–Crippen LogP) is 3.77. The first-order chi connectivity index (χ1) is 12.6. The fourth-order valence-electron chi connectivity index (χ4n) is 2.98. The Kier molecular flexibility index (Phi) is 11.6. The molecule has 1 aromatic rings. The van der Waals surface area contributed by atoms with Crippen LogP contribution in [-0.4, -0.2) is 44.2 Å². The zero-order valence-corrected chi connectivity index (χ0v) is 16.3. The Bertz CT molecular complexity index is 518. The number of benzene rings is 1. The highest BCUT2D eigenvalue weighted by molar-refractivity contribution is 5.96. The highest BCUT2D eigenvalue weighted by atomic mass is 16.5. The number of ether oxygens (including phenoxy) is 2. The van der Waals surface area contributed by atoms with Crippen LogP contribution in [0, 0.1) is 0 Å². The molecule has 0 radical (unpaired) electrons. The third-order valence-electron chi connectivity index (χ3n) is 4.29. The summed E-state index contributed by atoms with van der Waals surface area (Å²) in [6.45, 7) is 4.64. The minimum atomic E-state index is -0.355. The standard InChI is InChI=1S/C21H33NO4/c1-4-6-7-11-14-20(26-5-2)18(22-21(24)16-25-3)15-19(23)17-12-9-8-10-13-17/h8-10,12-13,18,20H,4-7,11,14-16H2,1-3H3,(H,22,24)/t18-,20-/m1/s1. The molecule has 2 atom stereocenters. The van der Waals surface area contributed by atoms with E-state index >= 15 is 0 Å². The first kappa shape index (κ1) is 22.3. The van der Waals surface area contributed by atoms with Crippen LogP contribution in [0.1, 0.15) is 62.7 Å². The maximum Gasteiger partial charge on any atom is 0.246 e. The van der Waals surface area contributed by atoms with E-state index in [2.05, 4.69) is 12.2 Å². The van der Waals surface area contributed by atoms with Crippen molar-refractivity contribution in [1.82, 2.24) is 5.32 Å². The van der Waals surface area contributed by atoms with E-state index in [1.165, 1.54) is 20.0 Å². The molecule has 0 saturated heterocycles. The Hall–Kier alpha value is -1.72. The van der Waals surface area contributed by atoms with E-state index in [-0.39, 0.29) is 36.9 Å². The molecular formula is C21H33NO4. The number of carbonyl (C=O) groups is 2. The molecule has 1 aromatic carbocycles. The molecule has 26 heavy (non-hydrogen) atoms. The third-order valence-corrected chi connectivity index (χ3v) is 4.29. The van der Waals surface area contributed by atoms with Crippen molar-refractivity contribution in [3.8, 4) is 0 Å². The molecule has 5 nitrogen and oxygen atoms in total. The minimum Gasteiger partial charge on any atom is -0.376 e. The van der Waals surface area contributed by atoms with Gasteiger partial charge in [0.15, 0.2) is 5.78 Å². The Morgan fingerprint density at radius 1 is 1.08 bits per heavy atom. The van der Waals surface area contributed by atoms with Crippen LogP contribution >= 0.6 is 0 Å². The topological polar surface area (TPSA) is 64.6 Å². The molecule has 1 rings (SSSR count). The SMILES string of the molecule is CCCCCC[C@@H](OCC)[C@@H](CC(=O)c1ccccc1)NC(=O)COC. The summed E-state index contributed by atoms with van der Waals surface area (Å²) in [6.07, 6.45) is 5.37. The molecule has 0 aliphatic heterocycles. The van der Waals surface area contributed by atoms with Gasteiger partial charge in [-0.2, -0.15) is 0 Å². The van der Waals surface area contributed by atoms with Crippen molar-refractivity contribution in [3.05, 3.63) is 35.9 Å². The average molecular weight is 363 g/mol. The van der Waals surface area contributed by atoms with Gasteiger partial charge < -0.3 is 14.8 Å². The lowest BCUT2D eigenvalue weighted by Gasteiger charge is -2.28. The lowest BCUT2D eigenvalue weighted by atomic mass is 9.96. The second-order valence-electron chi connectivity index (χ2n) is 6.44. The quantitative estimate of drug-likeness (QED) is 0.404. The van der Waals surface area contributed by atoms with Gasteiger partial charge in [0.1, 0.15) is 6.61 Å². The zero-order chi connectivity index (χ0) is 19.2. The molecule has 0 spiro atoms. The molecule has 0 bridgehead atoms. The van der Waals surface area contributed by atoms with E-state index in [1.807, 2.05) is 25.1 Å². The van der Waals surface area contributed by atoms with Crippen LogP contribution in [0.3, 0.4) is 0 Å². The van der Waals surface area contributed by atoms with Gasteiger partial charge in [0, 0.05) is 25.7 Å². The van der Waals surface area contributed by atoms with Crippen molar-refractivity contribution in [2.45, 2.75) is 64.5 Å². The smallest absolute Gasteiger partial charge is 0.246 e. The second-order valence-corrected chi connectivity index (χ2v) is 6.44. The monoisotopic (exact) mass is 363 g/mol. The van der Waals surface area contributed by atoms with Gasteiger partial charge in [-0.05, 0) is 13.3 Å². The number of amides is 1. The van der Waals surface area contributed by atoms with Gasteiger partial charge in [0.25, 0.3) is 0 Å². The van der Waals surface area contributed by atoms with Crippen LogP contribution in [0.15, 0.2) is 30.3 Å². The molecule has 0 aromatic heterocycles. The molecule has 1 amide bonds. The molecule has 1 N–H and O–H groups in total. The van der Waals surface area contributed by atoms with Gasteiger partial charge in [-0.3, -0.25) is 9.59 Å². The summed E-state index contributed by atoms with van der Waals surface area (Å²) in [4.78, 5) is 24.7. The van der Waals surface area contributed by atoms with Crippen LogP contribution in [0.2, 0.25) is 0 Å². The van der Waals surface area contributed by atoms with Gasteiger partial charge in [0.2, 0.25) is 5.91 Å². The maximum absolute atomic E-state index is 12.6. The third kappa shape index (κ3) is 8.59. The summed E-state index contributed by atoms with van der Waals surface area (Å²) >= 11 is 0. The van der Waals surface area contributed by atoms with Crippen LogP contribution < -0.4 is 5.32 Å². The first-order valence-corrected chi connectivity index (χ1v) is 9.60. The molecular weight excluding hydrogens is 330 g/mol. The number of unbranched alkanes of at least 4 members (excludes halogenated alkanes) is 3. The molecule has 5 heteroatoms. The van der Waals surface area contributed by atoms with E-state index in [0.717, 1.165) is 19.3 Å². The molecule has 0 fully saturated rings. The average Bonchev–Trinajstić information content (AvgIpc) is 2.64. The van der Waals surface area contributed by atoms with Gasteiger partial charge in [-0.1, -0.05) is 62.9 Å². The number of carbonyl (C=O) groups excluding carboxylic acids is 2. The summed E-state index contributed by atoms with van der Waals surface area (Å²) < 4.78 is 10.8. The van der Waals surface area contributed by atoms with E-state index in [0.29, 0.717) is 12.2 Å². The molecule has 0 aliphatic carbocycles. The van der Waals surface area contributed by atoms with Gasteiger partial charge in [-0.25, -0.2) is 0 Å². The summed E-state index contributed by atoms with van der Waals surface area (Å²) in [5.74, 6) is -0.219. The van der Waals surface area contributed by atoms with Crippen molar-refractivity contribution >= 4 is 11.7 Å². The Labute approximate surface area is 157 Å². The summed E-state index contributed by atoms with van der Waals surface area (Å²) in [5.41, 5.74) is 0.653. The van der Waals surface area contributed by atoms with Gasteiger partial charge in [0.05, 0.1) is 12.1 Å².